The number of rotatable bonds is 5. The molecular formula is C17H21N3O4. The van der Waals surface area contributed by atoms with Gasteiger partial charge in [-0.05, 0) is 39.0 Å². The minimum atomic E-state index is -0.520. The minimum Gasteiger partial charge on any atom is -0.492 e. The molecule has 0 bridgehead atoms. The largest absolute Gasteiger partial charge is 0.492 e. The van der Waals surface area contributed by atoms with Gasteiger partial charge in [-0.3, -0.25) is 10.2 Å². The maximum atomic E-state index is 11.9. The maximum absolute atomic E-state index is 11.9. The Bertz CT molecular complexity index is 707. The highest BCUT2D eigenvalue weighted by molar-refractivity contribution is 5.96. The molecule has 24 heavy (non-hydrogen) atoms. The van der Waals surface area contributed by atoms with Gasteiger partial charge in [0.05, 0.1) is 12.1 Å². The standard InChI is InChI=1S/C17H21N3O4/c1-11-4-6-14(7-5-11)23-9-8-18-17(22)20-19-16(21)15-10-12(2)24-13(15)3/h4-7,10H,8-9H2,1-3H3,(H,19,21)(H2,18,20,22). The lowest BCUT2D eigenvalue weighted by Gasteiger charge is -2.10. The van der Waals surface area contributed by atoms with Gasteiger partial charge in [0.1, 0.15) is 23.9 Å². The average molecular weight is 331 g/mol. The minimum absolute atomic E-state index is 0.305. The summed E-state index contributed by atoms with van der Waals surface area (Å²) in [7, 11) is 0. The lowest BCUT2D eigenvalue weighted by atomic mass is 10.2. The zero-order valence-electron chi connectivity index (χ0n) is 13.9. The first kappa shape index (κ1) is 17.4. The van der Waals surface area contributed by atoms with Crippen LogP contribution in [-0.2, 0) is 0 Å². The van der Waals surface area contributed by atoms with Crippen LogP contribution in [-0.4, -0.2) is 25.1 Å². The van der Waals surface area contributed by atoms with Crippen molar-refractivity contribution >= 4 is 11.9 Å². The summed E-state index contributed by atoms with van der Waals surface area (Å²) >= 11 is 0. The number of carbonyl (C=O) groups excluding carboxylic acids is 2. The van der Waals surface area contributed by atoms with E-state index in [0.717, 1.165) is 11.3 Å². The molecule has 2 aromatic rings. The zero-order chi connectivity index (χ0) is 17.5. The zero-order valence-corrected chi connectivity index (χ0v) is 13.9. The van der Waals surface area contributed by atoms with E-state index in [1.165, 1.54) is 0 Å². The number of furan rings is 1. The van der Waals surface area contributed by atoms with Crippen LogP contribution in [0.3, 0.4) is 0 Å². The van der Waals surface area contributed by atoms with Crippen molar-refractivity contribution in [3.63, 3.8) is 0 Å². The quantitative estimate of drug-likeness (QED) is 0.578. The van der Waals surface area contributed by atoms with Crippen molar-refractivity contribution in [2.75, 3.05) is 13.2 Å². The Labute approximate surface area is 140 Å². The Hall–Kier alpha value is -2.96. The average Bonchev–Trinajstić information content (AvgIpc) is 2.89. The number of hydrogen-bond donors (Lipinski definition) is 3. The van der Waals surface area contributed by atoms with E-state index in [1.54, 1.807) is 19.9 Å². The van der Waals surface area contributed by atoms with Gasteiger partial charge >= 0.3 is 6.03 Å². The van der Waals surface area contributed by atoms with E-state index >= 15 is 0 Å². The van der Waals surface area contributed by atoms with E-state index in [-0.39, 0.29) is 0 Å². The Balaban J connectivity index is 1.65. The van der Waals surface area contributed by atoms with Gasteiger partial charge in [-0.1, -0.05) is 17.7 Å². The smallest absolute Gasteiger partial charge is 0.333 e. The first-order chi connectivity index (χ1) is 11.5. The summed E-state index contributed by atoms with van der Waals surface area (Å²) < 4.78 is 10.7. The van der Waals surface area contributed by atoms with Crippen LogP contribution in [0.15, 0.2) is 34.7 Å². The van der Waals surface area contributed by atoms with E-state index in [2.05, 4.69) is 16.2 Å². The van der Waals surface area contributed by atoms with Crippen LogP contribution in [0.5, 0.6) is 5.75 Å². The van der Waals surface area contributed by atoms with Gasteiger partial charge in [0.2, 0.25) is 0 Å². The summed E-state index contributed by atoms with van der Waals surface area (Å²) in [4.78, 5) is 23.5. The molecule has 0 aliphatic rings. The molecule has 1 aromatic carbocycles. The number of amides is 3. The third-order valence-electron chi connectivity index (χ3n) is 3.25. The molecule has 0 saturated carbocycles. The first-order valence-corrected chi connectivity index (χ1v) is 7.56. The Morgan fingerprint density at radius 1 is 1.08 bits per heavy atom. The molecule has 0 saturated heterocycles. The van der Waals surface area contributed by atoms with Crippen LogP contribution in [0.4, 0.5) is 4.79 Å². The number of nitrogens with one attached hydrogen (secondary N) is 3. The third-order valence-corrected chi connectivity index (χ3v) is 3.25. The van der Waals surface area contributed by atoms with Crippen molar-refractivity contribution in [1.29, 1.82) is 0 Å². The molecule has 0 unspecified atom stereocenters. The van der Waals surface area contributed by atoms with E-state index in [0.29, 0.717) is 30.2 Å². The molecule has 1 heterocycles. The van der Waals surface area contributed by atoms with Gasteiger partial charge in [-0.25, -0.2) is 10.2 Å². The van der Waals surface area contributed by atoms with Crippen LogP contribution in [0.1, 0.15) is 27.4 Å². The van der Waals surface area contributed by atoms with E-state index in [4.69, 9.17) is 9.15 Å². The molecule has 0 spiro atoms. The third kappa shape index (κ3) is 5.05. The van der Waals surface area contributed by atoms with Gasteiger partial charge in [0.25, 0.3) is 5.91 Å². The van der Waals surface area contributed by atoms with Crippen molar-refractivity contribution in [2.45, 2.75) is 20.8 Å². The monoisotopic (exact) mass is 331 g/mol. The van der Waals surface area contributed by atoms with Crippen LogP contribution >= 0.6 is 0 Å². The molecule has 0 fully saturated rings. The van der Waals surface area contributed by atoms with Crippen molar-refractivity contribution in [3.8, 4) is 5.75 Å². The SMILES string of the molecule is Cc1ccc(OCCNC(=O)NNC(=O)c2cc(C)oc2C)cc1. The summed E-state index contributed by atoms with van der Waals surface area (Å²) in [6, 6.07) is 8.72. The Kier molecular flexibility index (Phi) is 5.83. The molecule has 2 rings (SSSR count). The molecular weight excluding hydrogens is 310 g/mol. The van der Waals surface area contributed by atoms with E-state index in [9.17, 15) is 9.59 Å². The first-order valence-electron chi connectivity index (χ1n) is 7.56. The highest BCUT2D eigenvalue weighted by Crippen LogP contribution is 2.13. The number of hydrogen-bond acceptors (Lipinski definition) is 4. The fraction of sp³-hybridized carbons (Fsp3) is 0.294. The Morgan fingerprint density at radius 3 is 2.42 bits per heavy atom. The van der Waals surface area contributed by atoms with Crippen LogP contribution in [0.2, 0.25) is 0 Å². The second-order valence-corrected chi connectivity index (χ2v) is 5.32. The summed E-state index contributed by atoms with van der Waals surface area (Å²) in [5.41, 5.74) is 6.13. The van der Waals surface area contributed by atoms with E-state index in [1.807, 2.05) is 31.2 Å². The molecule has 3 N–H and O–H groups in total. The number of carbonyl (C=O) groups is 2. The highest BCUT2D eigenvalue weighted by atomic mass is 16.5. The summed E-state index contributed by atoms with van der Waals surface area (Å²) in [5.74, 6) is 1.44. The topological polar surface area (TPSA) is 92.6 Å². The lowest BCUT2D eigenvalue weighted by Crippen LogP contribution is -2.47. The molecule has 128 valence electrons. The molecule has 0 aliphatic carbocycles. The van der Waals surface area contributed by atoms with Gasteiger partial charge in [-0.15, -0.1) is 0 Å². The predicted molar refractivity (Wildman–Crippen MR) is 88.9 cm³/mol. The molecule has 1 aromatic heterocycles. The van der Waals surface area contributed by atoms with Gasteiger partial charge in [0, 0.05) is 0 Å². The van der Waals surface area contributed by atoms with Crippen molar-refractivity contribution in [3.05, 3.63) is 53.0 Å². The highest BCUT2D eigenvalue weighted by Gasteiger charge is 2.13. The molecule has 0 radical (unpaired) electrons. The summed E-state index contributed by atoms with van der Waals surface area (Å²) in [6.07, 6.45) is 0. The molecule has 7 heteroatoms. The second-order valence-electron chi connectivity index (χ2n) is 5.32. The summed E-state index contributed by atoms with van der Waals surface area (Å²) in [6.45, 7) is 6.06. The number of benzene rings is 1. The van der Waals surface area contributed by atoms with Crippen LogP contribution in [0.25, 0.3) is 0 Å². The maximum Gasteiger partial charge on any atom is 0.333 e. The number of urea groups is 1. The predicted octanol–water partition coefficient (Wildman–Crippen LogP) is 2.23. The Morgan fingerprint density at radius 2 is 1.79 bits per heavy atom. The van der Waals surface area contributed by atoms with Crippen LogP contribution in [0, 0.1) is 20.8 Å². The van der Waals surface area contributed by atoms with Gasteiger partial charge < -0.3 is 14.5 Å². The fourth-order valence-electron chi connectivity index (χ4n) is 2.05. The molecule has 0 aliphatic heterocycles. The van der Waals surface area contributed by atoms with Crippen molar-refractivity contribution in [1.82, 2.24) is 16.2 Å². The van der Waals surface area contributed by atoms with Crippen molar-refractivity contribution in [2.24, 2.45) is 0 Å². The fourth-order valence-corrected chi connectivity index (χ4v) is 2.05. The summed E-state index contributed by atoms with van der Waals surface area (Å²) in [5, 5.41) is 2.58. The van der Waals surface area contributed by atoms with E-state index < -0.39 is 11.9 Å². The molecule has 0 atom stereocenters. The normalized spacial score (nSPS) is 10.1. The second kappa shape index (κ2) is 8.05. The van der Waals surface area contributed by atoms with Crippen LogP contribution < -0.4 is 20.9 Å². The number of aryl methyl sites for hydroxylation is 3. The van der Waals surface area contributed by atoms with Gasteiger partial charge in [-0.2, -0.15) is 0 Å². The number of hydrazine groups is 1. The lowest BCUT2D eigenvalue weighted by molar-refractivity contribution is 0.0934. The molecule has 7 nitrogen and oxygen atoms in total. The van der Waals surface area contributed by atoms with Crippen molar-refractivity contribution < 1.29 is 18.7 Å². The number of ether oxygens (including phenoxy) is 1. The molecule has 3 amide bonds. The van der Waals surface area contributed by atoms with Gasteiger partial charge in [0.15, 0.2) is 0 Å².